The first kappa shape index (κ1) is 14.6. The molecule has 22 heavy (non-hydrogen) atoms. The molecule has 1 aliphatic heterocycles. The van der Waals surface area contributed by atoms with Crippen molar-refractivity contribution in [3.8, 4) is 0 Å². The molecule has 0 unspecified atom stereocenters. The van der Waals surface area contributed by atoms with E-state index in [9.17, 15) is 9.18 Å². The largest absolute Gasteiger partial charge is 0.366 e. The van der Waals surface area contributed by atoms with E-state index in [2.05, 4.69) is 5.10 Å². The SMILES string of the molecule is O=C(CCn1cccn1)N1CCN(c2ccccc2F)CC1. The van der Waals surface area contributed by atoms with E-state index in [0.717, 1.165) is 0 Å². The van der Waals surface area contributed by atoms with E-state index in [1.54, 1.807) is 23.0 Å². The average molecular weight is 302 g/mol. The number of piperazine rings is 1. The summed E-state index contributed by atoms with van der Waals surface area (Å²) in [5.41, 5.74) is 0.617. The number of anilines is 1. The summed E-state index contributed by atoms with van der Waals surface area (Å²) >= 11 is 0. The van der Waals surface area contributed by atoms with Gasteiger partial charge in [0.2, 0.25) is 5.91 Å². The summed E-state index contributed by atoms with van der Waals surface area (Å²) in [5, 5.41) is 4.09. The van der Waals surface area contributed by atoms with Gasteiger partial charge in [-0.25, -0.2) is 4.39 Å². The van der Waals surface area contributed by atoms with Crippen LogP contribution in [-0.4, -0.2) is 46.8 Å². The Hall–Kier alpha value is -2.37. The van der Waals surface area contributed by atoms with Crippen LogP contribution in [0.1, 0.15) is 6.42 Å². The van der Waals surface area contributed by atoms with Crippen LogP contribution in [0, 0.1) is 5.82 Å². The molecule has 1 saturated heterocycles. The van der Waals surface area contributed by atoms with E-state index >= 15 is 0 Å². The Labute approximate surface area is 128 Å². The second-order valence-electron chi connectivity index (χ2n) is 5.34. The second kappa shape index (κ2) is 6.60. The van der Waals surface area contributed by atoms with E-state index in [0.29, 0.717) is 44.8 Å². The number of hydrogen-bond acceptors (Lipinski definition) is 3. The second-order valence-corrected chi connectivity index (χ2v) is 5.34. The van der Waals surface area contributed by atoms with Crippen molar-refractivity contribution in [2.24, 2.45) is 0 Å². The molecule has 5 nitrogen and oxygen atoms in total. The number of amides is 1. The molecule has 0 spiro atoms. The molecule has 1 aromatic heterocycles. The molecule has 6 heteroatoms. The number of carbonyl (C=O) groups is 1. The van der Waals surface area contributed by atoms with Gasteiger partial charge in [-0.1, -0.05) is 12.1 Å². The van der Waals surface area contributed by atoms with E-state index in [1.807, 2.05) is 28.1 Å². The maximum Gasteiger partial charge on any atom is 0.224 e. The van der Waals surface area contributed by atoms with Crippen molar-refractivity contribution in [1.29, 1.82) is 0 Å². The summed E-state index contributed by atoms with van der Waals surface area (Å²) in [5.74, 6) is -0.0790. The van der Waals surface area contributed by atoms with Gasteiger partial charge in [0.25, 0.3) is 0 Å². The molecule has 1 amide bonds. The van der Waals surface area contributed by atoms with Gasteiger partial charge in [0, 0.05) is 51.5 Å². The van der Waals surface area contributed by atoms with Crippen molar-refractivity contribution in [3.05, 3.63) is 48.5 Å². The summed E-state index contributed by atoms with van der Waals surface area (Å²) in [6.07, 6.45) is 4.00. The quantitative estimate of drug-likeness (QED) is 0.864. The molecule has 3 rings (SSSR count). The molecule has 116 valence electrons. The molecular formula is C16H19FN4O. The van der Waals surface area contributed by atoms with E-state index in [-0.39, 0.29) is 11.7 Å². The summed E-state index contributed by atoms with van der Waals surface area (Å²) in [4.78, 5) is 16.0. The number of aryl methyl sites for hydroxylation is 1. The summed E-state index contributed by atoms with van der Waals surface area (Å²) in [6.45, 7) is 3.18. The molecule has 2 heterocycles. The third kappa shape index (κ3) is 3.27. The Morgan fingerprint density at radius 2 is 1.91 bits per heavy atom. The standard InChI is InChI=1S/C16H19FN4O/c17-14-4-1-2-5-15(14)19-10-12-20(13-11-19)16(22)6-9-21-8-3-7-18-21/h1-5,7-8H,6,9-13H2. The van der Waals surface area contributed by atoms with Crippen LogP contribution in [0.15, 0.2) is 42.7 Å². The van der Waals surface area contributed by atoms with Gasteiger partial charge in [-0.3, -0.25) is 9.48 Å². The summed E-state index contributed by atoms with van der Waals surface area (Å²) in [6, 6.07) is 8.62. The number of aromatic nitrogens is 2. The van der Waals surface area contributed by atoms with Gasteiger partial charge in [0.05, 0.1) is 5.69 Å². The molecule has 1 fully saturated rings. The molecule has 2 aromatic rings. The van der Waals surface area contributed by atoms with Crippen LogP contribution in [0.2, 0.25) is 0 Å². The van der Waals surface area contributed by atoms with Crippen molar-refractivity contribution in [2.45, 2.75) is 13.0 Å². The molecule has 0 aliphatic carbocycles. The monoisotopic (exact) mass is 302 g/mol. The van der Waals surface area contributed by atoms with Crippen LogP contribution < -0.4 is 4.90 Å². The van der Waals surface area contributed by atoms with Gasteiger partial charge in [-0.15, -0.1) is 0 Å². The lowest BCUT2D eigenvalue weighted by molar-refractivity contribution is -0.131. The lowest BCUT2D eigenvalue weighted by Gasteiger charge is -2.36. The van der Waals surface area contributed by atoms with Crippen LogP contribution in [0.4, 0.5) is 10.1 Å². The fourth-order valence-corrected chi connectivity index (χ4v) is 2.71. The van der Waals surface area contributed by atoms with Crippen LogP contribution in [0.5, 0.6) is 0 Å². The number of halogens is 1. The first-order chi connectivity index (χ1) is 10.7. The molecule has 0 N–H and O–H groups in total. The number of hydrogen-bond donors (Lipinski definition) is 0. The fraction of sp³-hybridized carbons (Fsp3) is 0.375. The number of benzene rings is 1. The minimum absolute atomic E-state index is 0.128. The number of rotatable bonds is 4. The minimum Gasteiger partial charge on any atom is -0.366 e. The van der Waals surface area contributed by atoms with Gasteiger partial charge in [0.15, 0.2) is 0 Å². The number of nitrogens with zero attached hydrogens (tertiary/aromatic N) is 4. The zero-order chi connectivity index (χ0) is 15.4. The highest BCUT2D eigenvalue weighted by atomic mass is 19.1. The Kier molecular flexibility index (Phi) is 4.37. The summed E-state index contributed by atoms with van der Waals surface area (Å²) < 4.78 is 15.5. The lowest BCUT2D eigenvalue weighted by atomic mass is 10.2. The molecule has 0 saturated carbocycles. The van der Waals surface area contributed by atoms with Crippen molar-refractivity contribution in [3.63, 3.8) is 0 Å². The predicted molar refractivity (Wildman–Crippen MR) is 82.0 cm³/mol. The van der Waals surface area contributed by atoms with Crippen LogP contribution in [0.3, 0.4) is 0 Å². The van der Waals surface area contributed by atoms with Crippen LogP contribution in [-0.2, 0) is 11.3 Å². The van der Waals surface area contributed by atoms with E-state index in [4.69, 9.17) is 0 Å². The molecular weight excluding hydrogens is 283 g/mol. The van der Waals surface area contributed by atoms with Crippen molar-refractivity contribution >= 4 is 11.6 Å². The Morgan fingerprint density at radius 3 is 2.59 bits per heavy atom. The van der Waals surface area contributed by atoms with E-state index in [1.165, 1.54) is 6.07 Å². The third-order valence-corrected chi connectivity index (χ3v) is 3.94. The Bertz CT molecular complexity index is 621. The average Bonchev–Trinajstić information content (AvgIpc) is 3.07. The Balaban J connectivity index is 1.51. The zero-order valence-electron chi connectivity index (χ0n) is 12.4. The summed E-state index contributed by atoms with van der Waals surface area (Å²) in [7, 11) is 0. The maximum atomic E-state index is 13.8. The maximum absolute atomic E-state index is 13.8. The molecule has 0 radical (unpaired) electrons. The number of carbonyl (C=O) groups excluding carboxylic acids is 1. The normalized spacial score (nSPS) is 15.1. The van der Waals surface area contributed by atoms with Crippen molar-refractivity contribution in [2.75, 3.05) is 31.1 Å². The molecule has 0 bridgehead atoms. The molecule has 1 aromatic carbocycles. The van der Waals surface area contributed by atoms with Gasteiger partial charge in [-0.2, -0.15) is 5.10 Å². The first-order valence-electron chi connectivity index (χ1n) is 7.49. The highest BCUT2D eigenvalue weighted by Crippen LogP contribution is 2.20. The first-order valence-corrected chi connectivity index (χ1v) is 7.49. The third-order valence-electron chi connectivity index (χ3n) is 3.94. The van der Waals surface area contributed by atoms with Crippen molar-refractivity contribution < 1.29 is 9.18 Å². The van der Waals surface area contributed by atoms with Gasteiger partial charge in [-0.05, 0) is 18.2 Å². The zero-order valence-corrected chi connectivity index (χ0v) is 12.4. The van der Waals surface area contributed by atoms with E-state index < -0.39 is 0 Å². The van der Waals surface area contributed by atoms with Gasteiger partial charge >= 0.3 is 0 Å². The number of para-hydroxylation sites is 1. The highest BCUT2D eigenvalue weighted by molar-refractivity contribution is 5.76. The van der Waals surface area contributed by atoms with Gasteiger partial charge < -0.3 is 9.80 Å². The highest BCUT2D eigenvalue weighted by Gasteiger charge is 2.22. The topological polar surface area (TPSA) is 41.4 Å². The lowest BCUT2D eigenvalue weighted by Crippen LogP contribution is -2.49. The van der Waals surface area contributed by atoms with Crippen molar-refractivity contribution in [1.82, 2.24) is 14.7 Å². The smallest absolute Gasteiger partial charge is 0.224 e. The van der Waals surface area contributed by atoms with Crippen LogP contribution in [0.25, 0.3) is 0 Å². The minimum atomic E-state index is -0.207. The fourth-order valence-electron chi connectivity index (χ4n) is 2.71. The molecule has 1 aliphatic rings. The van der Waals surface area contributed by atoms with Crippen LogP contribution >= 0.6 is 0 Å². The molecule has 0 atom stereocenters. The predicted octanol–water partition coefficient (Wildman–Crippen LogP) is 1.76. The Morgan fingerprint density at radius 1 is 1.14 bits per heavy atom. The van der Waals surface area contributed by atoms with Gasteiger partial charge in [0.1, 0.15) is 5.82 Å².